The molecular weight excluding hydrogens is 246 g/mol. The normalized spacial score (nSPS) is 33.5. The first-order chi connectivity index (χ1) is 9.72. The quantitative estimate of drug-likeness (QED) is 0.740. The minimum atomic E-state index is 0.130. The highest BCUT2D eigenvalue weighted by molar-refractivity contribution is 5.00. The highest BCUT2D eigenvalue weighted by Crippen LogP contribution is 2.43. The van der Waals surface area contributed by atoms with E-state index in [4.69, 9.17) is 4.74 Å². The monoisotopic (exact) mass is 281 g/mol. The van der Waals surface area contributed by atoms with Gasteiger partial charge in [0.25, 0.3) is 0 Å². The Morgan fingerprint density at radius 3 is 2.30 bits per heavy atom. The minimum Gasteiger partial charge on any atom is -0.374 e. The summed E-state index contributed by atoms with van der Waals surface area (Å²) in [7, 11) is 0. The van der Waals surface area contributed by atoms with Crippen LogP contribution in [0.2, 0.25) is 0 Å². The highest BCUT2D eigenvalue weighted by atomic mass is 16.5. The van der Waals surface area contributed by atoms with E-state index in [0.29, 0.717) is 6.04 Å². The summed E-state index contributed by atoms with van der Waals surface area (Å²) in [6.07, 6.45) is 12.1. The number of hydrogen-bond donors (Lipinski definition) is 1. The van der Waals surface area contributed by atoms with Gasteiger partial charge in [0.05, 0.1) is 5.60 Å². The zero-order chi connectivity index (χ0) is 14.4. The van der Waals surface area contributed by atoms with Crippen molar-refractivity contribution in [3.63, 3.8) is 0 Å². The van der Waals surface area contributed by atoms with Crippen LogP contribution in [-0.2, 0) is 4.74 Å². The van der Waals surface area contributed by atoms with Crippen LogP contribution in [-0.4, -0.2) is 24.8 Å². The van der Waals surface area contributed by atoms with E-state index in [0.717, 1.165) is 25.0 Å². The second-order valence-corrected chi connectivity index (χ2v) is 7.16. The molecule has 2 aliphatic carbocycles. The molecule has 2 aliphatic rings. The van der Waals surface area contributed by atoms with Crippen molar-refractivity contribution in [3.8, 4) is 0 Å². The van der Waals surface area contributed by atoms with Crippen molar-refractivity contribution in [2.24, 2.45) is 11.8 Å². The zero-order valence-corrected chi connectivity index (χ0v) is 13.9. The predicted octanol–water partition coefficient (Wildman–Crippen LogP) is 4.53. The fourth-order valence-electron chi connectivity index (χ4n) is 4.46. The van der Waals surface area contributed by atoms with Crippen molar-refractivity contribution >= 4 is 0 Å². The van der Waals surface area contributed by atoms with Crippen LogP contribution in [0.5, 0.6) is 0 Å². The van der Waals surface area contributed by atoms with Gasteiger partial charge in [-0.2, -0.15) is 0 Å². The first-order valence-corrected chi connectivity index (χ1v) is 9.09. The third-order valence-corrected chi connectivity index (χ3v) is 5.60. The molecular formula is C18H35NO. The Bertz CT molecular complexity index is 265. The lowest BCUT2D eigenvalue weighted by molar-refractivity contribution is -0.108. The maximum Gasteiger partial charge on any atom is 0.0837 e. The van der Waals surface area contributed by atoms with Gasteiger partial charge in [-0.25, -0.2) is 0 Å². The Kier molecular flexibility index (Phi) is 6.35. The van der Waals surface area contributed by atoms with Crippen molar-refractivity contribution in [1.29, 1.82) is 0 Å². The first kappa shape index (κ1) is 16.3. The predicted molar refractivity (Wildman–Crippen MR) is 86.0 cm³/mol. The SMILES string of the molecule is CCCNC(C1CCCC1)C1(OCC)CCC(C)CC1. The van der Waals surface area contributed by atoms with Crippen molar-refractivity contribution < 1.29 is 4.74 Å². The molecule has 0 aromatic heterocycles. The molecule has 2 saturated carbocycles. The summed E-state index contributed by atoms with van der Waals surface area (Å²) in [6.45, 7) is 8.86. The van der Waals surface area contributed by atoms with Crippen molar-refractivity contribution in [2.75, 3.05) is 13.2 Å². The van der Waals surface area contributed by atoms with Gasteiger partial charge in [-0.15, -0.1) is 0 Å². The maximum absolute atomic E-state index is 6.43. The van der Waals surface area contributed by atoms with Crippen LogP contribution in [0, 0.1) is 11.8 Å². The molecule has 0 bridgehead atoms. The highest BCUT2D eigenvalue weighted by Gasteiger charge is 2.45. The van der Waals surface area contributed by atoms with Crippen molar-refractivity contribution in [3.05, 3.63) is 0 Å². The van der Waals surface area contributed by atoms with Gasteiger partial charge in [-0.1, -0.05) is 26.7 Å². The molecule has 1 unspecified atom stereocenters. The van der Waals surface area contributed by atoms with Gasteiger partial charge in [-0.3, -0.25) is 0 Å². The number of rotatable bonds is 7. The van der Waals surface area contributed by atoms with Gasteiger partial charge in [0, 0.05) is 12.6 Å². The van der Waals surface area contributed by atoms with Crippen LogP contribution in [0.1, 0.15) is 78.6 Å². The Labute approximate surface area is 126 Å². The molecule has 20 heavy (non-hydrogen) atoms. The van der Waals surface area contributed by atoms with E-state index in [9.17, 15) is 0 Å². The van der Waals surface area contributed by atoms with E-state index in [1.165, 1.54) is 57.8 Å². The average molecular weight is 281 g/mol. The van der Waals surface area contributed by atoms with Crippen LogP contribution >= 0.6 is 0 Å². The van der Waals surface area contributed by atoms with Crippen LogP contribution in [0.3, 0.4) is 0 Å². The molecule has 0 radical (unpaired) electrons. The van der Waals surface area contributed by atoms with E-state index < -0.39 is 0 Å². The third-order valence-electron chi connectivity index (χ3n) is 5.60. The molecule has 0 aromatic rings. The standard InChI is InChI=1S/C18H35NO/c1-4-14-19-17(16-8-6-7-9-16)18(20-5-2)12-10-15(3)11-13-18/h15-17,19H,4-14H2,1-3H3. The van der Waals surface area contributed by atoms with Gasteiger partial charge in [0.15, 0.2) is 0 Å². The molecule has 2 heteroatoms. The Hall–Kier alpha value is -0.0800. The summed E-state index contributed by atoms with van der Waals surface area (Å²) < 4.78 is 6.43. The fraction of sp³-hybridized carbons (Fsp3) is 1.00. The third kappa shape index (κ3) is 3.76. The Morgan fingerprint density at radius 1 is 1.10 bits per heavy atom. The largest absolute Gasteiger partial charge is 0.374 e. The molecule has 0 saturated heterocycles. The van der Waals surface area contributed by atoms with Crippen molar-refractivity contribution in [2.45, 2.75) is 90.2 Å². The van der Waals surface area contributed by atoms with Gasteiger partial charge < -0.3 is 10.1 Å². The molecule has 0 aliphatic heterocycles. The van der Waals surface area contributed by atoms with Crippen molar-refractivity contribution in [1.82, 2.24) is 5.32 Å². The summed E-state index contributed by atoms with van der Waals surface area (Å²) in [4.78, 5) is 0. The molecule has 2 nitrogen and oxygen atoms in total. The molecule has 0 spiro atoms. The van der Waals surface area contributed by atoms with E-state index in [2.05, 4.69) is 26.1 Å². The van der Waals surface area contributed by atoms with E-state index in [1.807, 2.05) is 0 Å². The van der Waals surface area contributed by atoms with Crippen LogP contribution in [0.25, 0.3) is 0 Å². The smallest absolute Gasteiger partial charge is 0.0837 e. The van der Waals surface area contributed by atoms with E-state index in [1.54, 1.807) is 0 Å². The Morgan fingerprint density at radius 2 is 1.75 bits per heavy atom. The second kappa shape index (κ2) is 7.79. The molecule has 0 aromatic carbocycles. The van der Waals surface area contributed by atoms with Crippen LogP contribution < -0.4 is 5.32 Å². The lowest BCUT2D eigenvalue weighted by Crippen LogP contribution is -2.57. The molecule has 0 heterocycles. The number of hydrogen-bond acceptors (Lipinski definition) is 2. The van der Waals surface area contributed by atoms with Gasteiger partial charge in [-0.05, 0) is 70.3 Å². The maximum atomic E-state index is 6.43. The number of nitrogens with one attached hydrogen (secondary N) is 1. The van der Waals surface area contributed by atoms with E-state index in [-0.39, 0.29) is 5.60 Å². The molecule has 1 atom stereocenters. The van der Waals surface area contributed by atoms with Crippen LogP contribution in [0.15, 0.2) is 0 Å². The zero-order valence-electron chi connectivity index (χ0n) is 13.9. The summed E-state index contributed by atoms with van der Waals surface area (Å²) in [5, 5.41) is 3.90. The first-order valence-electron chi connectivity index (χ1n) is 9.09. The van der Waals surface area contributed by atoms with E-state index >= 15 is 0 Å². The second-order valence-electron chi connectivity index (χ2n) is 7.16. The average Bonchev–Trinajstić information content (AvgIpc) is 2.97. The molecule has 118 valence electrons. The fourth-order valence-corrected chi connectivity index (χ4v) is 4.46. The topological polar surface area (TPSA) is 21.3 Å². The molecule has 0 amide bonds. The van der Waals surface area contributed by atoms with Gasteiger partial charge >= 0.3 is 0 Å². The molecule has 2 rings (SSSR count). The van der Waals surface area contributed by atoms with Gasteiger partial charge in [0.1, 0.15) is 0 Å². The summed E-state index contributed by atoms with van der Waals surface area (Å²) in [6, 6.07) is 0.595. The molecule has 1 N–H and O–H groups in total. The minimum absolute atomic E-state index is 0.130. The molecule has 2 fully saturated rings. The number of ether oxygens (including phenoxy) is 1. The summed E-state index contributed by atoms with van der Waals surface area (Å²) >= 11 is 0. The lowest BCUT2D eigenvalue weighted by Gasteiger charge is -2.47. The Balaban J connectivity index is 2.11. The lowest BCUT2D eigenvalue weighted by atomic mass is 9.71. The van der Waals surface area contributed by atoms with Gasteiger partial charge in [0.2, 0.25) is 0 Å². The van der Waals surface area contributed by atoms with Crippen LogP contribution in [0.4, 0.5) is 0 Å². The summed E-state index contributed by atoms with van der Waals surface area (Å²) in [5.41, 5.74) is 0.130. The summed E-state index contributed by atoms with van der Waals surface area (Å²) in [5.74, 6) is 1.74.